The Morgan fingerprint density at radius 2 is 1.76 bits per heavy atom. The lowest BCUT2D eigenvalue weighted by Crippen LogP contribution is -2.47. The molecule has 1 amide bonds. The smallest absolute Gasteiger partial charge is 0.303 e. The third-order valence-electron chi connectivity index (χ3n) is 6.46. The van der Waals surface area contributed by atoms with E-state index in [9.17, 15) is 18.0 Å². The molecule has 1 heterocycles. The molecule has 1 spiro atoms. The summed E-state index contributed by atoms with van der Waals surface area (Å²) in [5, 5.41) is 8.86. The van der Waals surface area contributed by atoms with Crippen LogP contribution in [0, 0.1) is 17.9 Å². The van der Waals surface area contributed by atoms with Crippen LogP contribution in [0.2, 0.25) is 0 Å². The van der Waals surface area contributed by atoms with Crippen LogP contribution in [0.15, 0.2) is 42.5 Å². The van der Waals surface area contributed by atoms with E-state index in [1.807, 2.05) is 24.3 Å². The fourth-order valence-corrected chi connectivity index (χ4v) is 5.30. The van der Waals surface area contributed by atoms with Gasteiger partial charge in [0.25, 0.3) is 5.91 Å². The van der Waals surface area contributed by atoms with E-state index in [-0.39, 0.29) is 16.7 Å². The van der Waals surface area contributed by atoms with E-state index in [0.29, 0.717) is 24.9 Å². The number of hydrogen-bond donors (Lipinski definition) is 0. The van der Waals surface area contributed by atoms with Crippen molar-refractivity contribution in [3.63, 3.8) is 0 Å². The molecule has 0 N–H and O–H groups in total. The lowest BCUT2D eigenvalue weighted by atomic mass is 9.94. The zero-order valence-corrected chi connectivity index (χ0v) is 19.0. The van der Waals surface area contributed by atoms with Gasteiger partial charge in [-0.2, -0.15) is 18.4 Å². The van der Waals surface area contributed by atoms with Crippen LogP contribution < -0.4 is 9.80 Å². The molecule has 0 radical (unpaired) electrons. The molecule has 2 aromatic rings. The summed E-state index contributed by atoms with van der Waals surface area (Å²) in [6.07, 6.45) is -0.0241. The Bertz CT molecular complexity index is 1200. The lowest BCUT2D eigenvalue weighted by Gasteiger charge is -2.32. The van der Waals surface area contributed by atoms with Crippen LogP contribution >= 0.6 is 12.2 Å². The van der Waals surface area contributed by atoms with Gasteiger partial charge in [0.2, 0.25) is 0 Å². The number of amides is 1. The van der Waals surface area contributed by atoms with Crippen LogP contribution in [0.25, 0.3) is 4.85 Å². The second-order valence-corrected chi connectivity index (χ2v) is 8.85. The summed E-state index contributed by atoms with van der Waals surface area (Å²) < 4.78 is 40.7. The predicted molar refractivity (Wildman–Crippen MR) is 126 cm³/mol. The molecule has 1 aliphatic heterocycles. The summed E-state index contributed by atoms with van der Waals surface area (Å²) in [7, 11) is 0. The van der Waals surface area contributed by atoms with Gasteiger partial charge in [-0.05, 0) is 67.7 Å². The molecule has 0 unspecified atom stereocenters. The van der Waals surface area contributed by atoms with Crippen molar-refractivity contribution in [3.8, 4) is 6.07 Å². The Hall–Kier alpha value is -3.43. The number of alkyl halides is 3. The van der Waals surface area contributed by atoms with Crippen molar-refractivity contribution in [1.29, 1.82) is 5.26 Å². The number of unbranched alkanes of at least 4 members (excludes halogenated alkanes) is 1. The molecule has 2 fully saturated rings. The Morgan fingerprint density at radius 1 is 1.12 bits per heavy atom. The fraction of sp³-hybridized carbons (Fsp3) is 0.360. The first kappa shape index (κ1) is 23.7. The van der Waals surface area contributed by atoms with Gasteiger partial charge in [-0.1, -0.05) is 31.0 Å². The summed E-state index contributed by atoms with van der Waals surface area (Å²) in [5.74, 6) is -0.336. The molecule has 1 saturated carbocycles. The predicted octanol–water partition coefficient (Wildman–Crippen LogP) is 6.55. The molecule has 0 bridgehead atoms. The first-order valence-corrected chi connectivity index (χ1v) is 11.4. The third kappa shape index (κ3) is 4.01. The van der Waals surface area contributed by atoms with E-state index in [4.69, 9.17) is 24.1 Å². The molecule has 5 nitrogen and oxygen atoms in total. The van der Waals surface area contributed by atoms with Crippen LogP contribution in [0.5, 0.6) is 0 Å². The van der Waals surface area contributed by atoms with E-state index in [1.54, 1.807) is 4.90 Å². The Kier molecular flexibility index (Phi) is 6.33. The SMILES string of the molecule is [C-]#[N+]c1ccc(N2C(=O)C3(CCCC3)N(c3ccc(CCCC#N)cc3)C2=S)cc1C(F)(F)F. The number of carbonyl (C=O) groups is 1. The largest absolute Gasteiger partial charge is 0.407 e. The zero-order chi connectivity index (χ0) is 24.5. The first-order valence-electron chi connectivity index (χ1n) is 11.0. The van der Waals surface area contributed by atoms with Gasteiger partial charge in [0.05, 0.1) is 18.2 Å². The standard InChI is InChI=1S/C25H21F3N4OS/c1-30-21-12-11-19(16-20(21)25(26,27)28)31-22(33)24(13-3-4-14-24)32(23(31)34)18-9-7-17(8-10-18)6-2-5-15-29/h7-12,16H,2-6,13-14H2. The minimum Gasteiger partial charge on any atom is -0.303 e. The summed E-state index contributed by atoms with van der Waals surface area (Å²) >= 11 is 5.68. The highest BCUT2D eigenvalue weighted by Gasteiger charge is 2.57. The highest BCUT2D eigenvalue weighted by Crippen LogP contribution is 2.47. The topological polar surface area (TPSA) is 51.7 Å². The summed E-state index contributed by atoms with van der Waals surface area (Å²) in [6.45, 7) is 7.06. The maximum Gasteiger partial charge on any atom is 0.407 e. The van der Waals surface area contributed by atoms with E-state index < -0.39 is 23.0 Å². The Balaban J connectivity index is 1.73. The number of benzene rings is 2. The van der Waals surface area contributed by atoms with Gasteiger partial charge >= 0.3 is 6.18 Å². The molecule has 34 heavy (non-hydrogen) atoms. The molecular weight excluding hydrogens is 461 g/mol. The molecule has 2 aromatic carbocycles. The van der Waals surface area contributed by atoms with Crippen LogP contribution in [-0.4, -0.2) is 16.6 Å². The second-order valence-electron chi connectivity index (χ2n) is 8.49. The van der Waals surface area contributed by atoms with Crippen LogP contribution in [0.3, 0.4) is 0 Å². The fourth-order valence-electron chi connectivity index (χ4n) is 4.83. The lowest BCUT2D eigenvalue weighted by molar-refractivity contribution is -0.136. The quantitative estimate of drug-likeness (QED) is 0.275. The minimum absolute atomic E-state index is 0.0108. The van der Waals surface area contributed by atoms with Crippen molar-refractivity contribution in [2.75, 3.05) is 9.80 Å². The van der Waals surface area contributed by atoms with Crippen molar-refractivity contribution in [3.05, 3.63) is 65.0 Å². The van der Waals surface area contributed by atoms with Crippen LogP contribution in [0.4, 0.5) is 30.2 Å². The van der Waals surface area contributed by atoms with Gasteiger partial charge in [-0.15, -0.1) is 0 Å². The van der Waals surface area contributed by atoms with E-state index in [2.05, 4.69) is 10.9 Å². The highest BCUT2D eigenvalue weighted by molar-refractivity contribution is 7.81. The number of halogens is 3. The number of aryl methyl sites for hydroxylation is 1. The van der Waals surface area contributed by atoms with Gasteiger partial charge in [0, 0.05) is 17.8 Å². The molecule has 0 atom stereocenters. The molecule has 174 valence electrons. The molecule has 1 aliphatic carbocycles. The Morgan fingerprint density at radius 3 is 2.35 bits per heavy atom. The zero-order valence-electron chi connectivity index (χ0n) is 18.2. The van der Waals surface area contributed by atoms with Crippen molar-refractivity contribution in [2.45, 2.75) is 56.7 Å². The number of carbonyl (C=O) groups excluding carboxylic acids is 1. The second kappa shape index (κ2) is 9.08. The number of hydrogen-bond acceptors (Lipinski definition) is 3. The van der Waals surface area contributed by atoms with Gasteiger partial charge in [-0.25, -0.2) is 4.85 Å². The number of thiocarbonyl (C=S) groups is 1. The average Bonchev–Trinajstić information content (AvgIpc) is 3.37. The summed E-state index contributed by atoms with van der Waals surface area (Å²) in [6, 6.07) is 13.0. The van der Waals surface area contributed by atoms with E-state index in [1.165, 1.54) is 11.0 Å². The average molecular weight is 483 g/mol. The van der Waals surface area contributed by atoms with Crippen molar-refractivity contribution in [1.82, 2.24) is 0 Å². The maximum absolute atomic E-state index is 13.7. The van der Waals surface area contributed by atoms with Crippen molar-refractivity contribution < 1.29 is 18.0 Å². The van der Waals surface area contributed by atoms with E-state index in [0.717, 1.165) is 43.4 Å². The number of nitrogens with zero attached hydrogens (tertiary/aromatic N) is 4. The molecular formula is C25H21F3N4OS. The van der Waals surface area contributed by atoms with Gasteiger partial charge in [0.1, 0.15) is 5.54 Å². The van der Waals surface area contributed by atoms with Gasteiger partial charge < -0.3 is 4.90 Å². The number of rotatable bonds is 5. The monoisotopic (exact) mass is 482 g/mol. The van der Waals surface area contributed by atoms with Crippen LogP contribution in [0.1, 0.15) is 49.7 Å². The highest BCUT2D eigenvalue weighted by atomic mass is 32.1. The summed E-state index contributed by atoms with van der Waals surface area (Å²) in [4.78, 5) is 19.7. The van der Waals surface area contributed by atoms with Crippen molar-refractivity contribution in [2.24, 2.45) is 0 Å². The number of anilines is 2. The maximum atomic E-state index is 13.7. The molecule has 0 aromatic heterocycles. The minimum atomic E-state index is -4.73. The van der Waals surface area contributed by atoms with Crippen LogP contribution in [-0.2, 0) is 17.4 Å². The number of nitriles is 1. The molecule has 9 heteroatoms. The van der Waals surface area contributed by atoms with Gasteiger partial charge in [-0.3, -0.25) is 9.69 Å². The van der Waals surface area contributed by atoms with Gasteiger partial charge in [0.15, 0.2) is 10.8 Å². The first-order chi connectivity index (χ1) is 16.2. The van der Waals surface area contributed by atoms with Crippen molar-refractivity contribution >= 4 is 40.3 Å². The molecule has 1 saturated heterocycles. The third-order valence-corrected chi connectivity index (χ3v) is 6.82. The summed E-state index contributed by atoms with van der Waals surface area (Å²) in [5.41, 5.74) is -0.768. The normalized spacial score (nSPS) is 17.3. The molecule has 4 rings (SSSR count). The molecule has 2 aliphatic rings. The Labute approximate surface area is 201 Å². The van der Waals surface area contributed by atoms with E-state index >= 15 is 0 Å².